The first-order valence-electron chi connectivity index (χ1n) is 10.2. The van der Waals surface area contributed by atoms with Gasteiger partial charge in [0, 0.05) is 40.2 Å². The van der Waals surface area contributed by atoms with E-state index in [1.807, 2.05) is 0 Å². The molecule has 10 nitrogen and oxygen atoms in total. The van der Waals surface area contributed by atoms with Crippen LogP contribution in [0.1, 0.15) is 53.4 Å². The first kappa shape index (κ1) is 27.1. The van der Waals surface area contributed by atoms with Crippen LogP contribution in [0.25, 0.3) is 0 Å². The van der Waals surface area contributed by atoms with E-state index >= 15 is 0 Å². The van der Waals surface area contributed by atoms with E-state index in [1.54, 1.807) is 0 Å². The highest BCUT2D eigenvalue weighted by atomic mass is 35.5. The van der Waals surface area contributed by atoms with Crippen LogP contribution < -0.4 is 5.32 Å². The molecule has 0 aromatic heterocycles. The Kier molecular flexibility index (Phi) is 12.4. The van der Waals surface area contributed by atoms with E-state index in [9.17, 15) is 19.2 Å². The van der Waals surface area contributed by atoms with E-state index in [0.29, 0.717) is 12.5 Å². The zero-order valence-electron chi connectivity index (χ0n) is 18.4. The number of nitrogens with one attached hydrogen (secondary N) is 1. The Balaban J connectivity index is 3.07. The largest absolute Gasteiger partial charge is 0.463 e. The smallest absolute Gasteiger partial charge is 0.303 e. The van der Waals surface area contributed by atoms with E-state index in [4.69, 9.17) is 35.3 Å². The third-order valence-electron chi connectivity index (χ3n) is 4.38. The van der Waals surface area contributed by atoms with Gasteiger partial charge in [0.15, 0.2) is 18.5 Å². The summed E-state index contributed by atoms with van der Waals surface area (Å²) in [6.45, 7) is 4.95. The van der Waals surface area contributed by atoms with Crippen molar-refractivity contribution in [2.75, 3.05) is 19.1 Å². The lowest BCUT2D eigenvalue weighted by Gasteiger charge is -2.44. The molecular formula is C20H32ClNO9. The highest BCUT2D eigenvalue weighted by Gasteiger charge is 2.51. The number of halogens is 1. The third-order valence-corrected chi connectivity index (χ3v) is 4.65. The molecule has 0 saturated carbocycles. The van der Waals surface area contributed by atoms with Gasteiger partial charge in [-0.05, 0) is 12.8 Å². The predicted octanol–water partition coefficient (Wildman–Crippen LogP) is 1.46. The van der Waals surface area contributed by atoms with Gasteiger partial charge in [0.05, 0.1) is 0 Å². The maximum Gasteiger partial charge on any atom is 0.303 e. The van der Waals surface area contributed by atoms with E-state index in [0.717, 1.165) is 25.7 Å². The Morgan fingerprint density at radius 3 is 2.03 bits per heavy atom. The van der Waals surface area contributed by atoms with Crippen molar-refractivity contribution in [3.05, 3.63) is 0 Å². The van der Waals surface area contributed by atoms with Gasteiger partial charge in [-0.15, -0.1) is 11.6 Å². The SMILES string of the molecule is CC(=O)N[C@@H]1[C@H](OCCCCCCCl)O[C@H](COC(C)=O)[C@@H](OC(C)=O)[C@H]1OC(C)=O. The van der Waals surface area contributed by atoms with E-state index in [-0.39, 0.29) is 6.61 Å². The molecule has 0 unspecified atom stereocenters. The van der Waals surface area contributed by atoms with Crippen LogP contribution in [0.5, 0.6) is 0 Å². The normalized spacial score (nSPS) is 25.4. The fourth-order valence-electron chi connectivity index (χ4n) is 3.18. The molecule has 1 saturated heterocycles. The van der Waals surface area contributed by atoms with Crippen LogP contribution in [0.15, 0.2) is 0 Å². The highest BCUT2D eigenvalue weighted by Crippen LogP contribution is 2.28. The molecule has 31 heavy (non-hydrogen) atoms. The van der Waals surface area contributed by atoms with E-state index in [2.05, 4.69) is 5.32 Å². The number of esters is 3. The fraction of sp³-hybridized carbons (Fsp3) is 0.800. The summed E-state index contributed by atoms with van der Waals surface area (Å²) in [6.07, 6.45) is -0.750. The Hall–Kier alpha value is -1.91. The summed E-state index contributed by atoms with van der Waals surface area (Å²) >= 11 is 5.67. The molecule has 1 aliphatic rings. The molecule has 1 N–H and O–H groups in total. The van der Waals surface area contributed by atoms with Crippen LogP contribution in [-0.2, 0) is 42.9 Å². The molecule has 1 heterocycles. The van der Waals surface area contributed by atoms with Gasteiger partial charge in [-0.3, -0.25) is 19.2 Å². The molecule has 0 bridgehead atoms. The summed E-state index contributed by atoms with van der Waals surface area (Å²) in [6, 6.07) is -0.942. The molecule has 0 radical (unpaired) electrons. The summed E-state index contributed by atoms with van der Waals surface area (Å²) in [5, 5.41) is 2.65. The van der Waals surface area contributed by atoms with Crippen molar-refractivity contribution in [2.24, 2.45) is 0 Å². The molecule has 1 aliphatic heterocycles. The number of unbranched alkanes of at least 4 members (excludes halogenated alkanes) is 3. The van der Waals surface area contributed by atoms with Crippen molar-refractivity contribution in [2.45, 2.75) is 84.0 Å². The number of ether oxygens (including phenoxy) is 5. The van der Waals surface area contributed by atoms with Crippen molar-refractivity contribution >= 4 is 35.4 Å². The van der Waals surface area contributed by atoms with Gasteiger partial charge in [0.1, 0.15) is 18.8 Å². The van der Waals surface area contributed by atoms with Crippen LogP contribution in [0.4, 0.5) is 0 Å². The summed E-state index contributed by atoms with van der Waals surface area (Å²) in [7, 11) is 0. The van der Waals surface area contributed by atoms with E-state index < -0.39 is 54.5 Å². The molecule has 0 spiro atoms. The Labute approximate surface area is 187 Å². The Morgan fingerprint density at radius 2 is 1.48 bits per heavy atom. The maximum absolute atomic E-state index is 11.8. The lowest BCUT2D eigenvalue weighted by Crippen LogP contribution is -2.66. The molecule has 1 rings (SSSR count). The fourth-order valence-corrected chi connectivity index (χ4v) is 3.37. The molecule has 0 aromatic carbocycles. The number of rotatable bonds is 12. The minimum atomic E-state index is -1.12. The average Bonchev–Trinajstić information content (AvgIpc) is 2.66. The zero-order valence-corrected chi connectivity index (χ0v) is 19.1. The van der Waals surface area contributed by atoms with Crippen molar-refractivity contribution in [3.63, 3.8) is 0 Å². The van der Waals surface area contributed by atoms with Gasteiger partial charge in [0.2, 0.25) is 5.91 Å². The van der Waals surface area contributed by atoms with Crippen molar-refractivity contribution in [1.29, 1.82) is 0 Å². The zero-order chi connectivity index (χ0) is 23.4. The lowest BCUT2D eigenvalue weighted by atomic mass is 9.96. The minimum Gasteiger partial charge on any atom is -0.463 e. The summed E-state index contributed by atoms with van der Waals surface area (Å²) in [5.41, 5.74) is 0. The molecule has 1 fully saturated rings. The predicted molar refractivity (Wildman–Crippen MR) is 109 cm³/mol. The van der Waals surface area contributed by atoms with Gasteiger partial charge in [0.25, 0.3) is 0 Å². The van der Waals surface area contributed by atoms with Crippen LogP contribution in [0.3, 0.4) is 0 Å². The number of carbonyl (C=O) groups is 4. The number of amides is 1. The van der Waals surface area contributed by atoms with Crippen LogP contribution in [-0.4, -0.2) is 73.6 Å². The second-order valence-electron chi connectivity index (χ2n) is 7.19. The molecular weight excluding hydrogens is 434 g/mol. The molecule has 0 aromatic rings. The Morgan fingerprint density at radius 1 is 0.871 bits per heavy atom. The number of carbonyl (C=O) groups excluding carboxylic acids is 4. The van der Waals surface area contributed by atoms with Crippen LogP contribution in [0.2, 0.25) is 0 Å². The van der Waals surface area contributed by atoms with Gasteiger partial charge in [-0.1, -0.05) is 12.8 Å². The molecule has 5 atom stereocenters. The quantitative estimate of drug-likeness (QED) is 0.197. The number of alkyl halides is 1. The van der Waals surface area contributed by atoms with Crippen LogP contribution >= 0.6 is 11.6 Å². The lowest BCUT2D eigenvalue weighted by molar-refractivity contribution is -0.277. The first-order valence-corrected chi connectivity index (χ1v) is 10.8. The third kappa shape index (κ3) is 10.3. The molecule has 178 valence electrons. The topological polar surface area (TPSA) is 126 Å². The summed E-state index contributed by atoms with van der Waals surface area (Å²) < 4.78 is 27.5. The van der Waals surface area contributed by atoms with Gasteiger partial charge >= 0.3 is 17.9 Å². The van der Waals surface area contributed by atoms with Crippen LogP contribution in [0, 0.1) is 0 Å². The second kappa shape index (κ2) is 14.2. The molecule has 1 amide bonds. The monoisotopic (exact) mass is 465 g/mol. The second-order valence-corrected chi connectivity index (χ2v) is 7.57. The van der Waals surface area contributed by atoms with Gasteiger partial charge < -0.3 is 29.0 Å². The maximum atomic E-state index is 11.8. The van der Waals surface area contributed by atoms with Gasteiger partial charge in [-0.2, -0.15) is 0 Å². The summed E-state index contributed by atoms with van der Waals surface area (Å²) in [5.74, 6) is -1.68. The number of hydrogen-bond donors (Lipinski definition) is 1. The Bertz CT molecular complexity index is 615. The number of hydrogen-bond acceptors (Lipinski definition) is 9. The van der Waals surface area contributed by atoms with Crippen molar-refractivity contribution < 1.29 is 42.9 Å². The minimum absolute atomic E-state index is 0.257. The highest BCUT2D eigenvalue weighted by molar-refractivity contribution is 6.17. The summed E-state index contributed by atoms with van der Waals surface area (Å²) in [4.78, 5) is 46.5. The average molecular weight is 466 g/mol. The molecule has 11 heteroatoms. The first-order chi connectivity index (χ1) is 14.6. The standard InChI is InChI=1S/C20H32ClNO9/c1-12(23)22-17-19(30-15(4)26)18(29-14(3)25)16(11-28-13(2)24)31-20(17)27-10-8-6-5-7-9-21/h16-20H,5-11H2,1-4H3,(H,22,23)/t16-,17+,18-,19+,20-/m1/s1. The van der Waals surface area contributed by atoms with Crippen molar-refractivity contribution in [1.82, 2.24) is 5.32 Å². The van der Waals surface area contributed by atoms with E-state index in [1.165, 1.54) is 27.7 Å². The van der Waals surface area contributed by atoms with Gasteiger partial charge in [-0.25, -0.2) is 0 Å². The molecule has 0 aliphatic carbocycles. The van der Waals surface area contributed by atoms with Crippen molar-refractivity contribution in [3.8, 4) is 0 Å².